The van der Waals surface area contributed by atoms with Gasteiger partial charge in [-0.15, -0.1) is 11.3 Å². The Hall–Kier alpha value is -4.71. The molecule has 2 heterocycles. The molecule has 0 amide bonds. The van der Waals surface area contributed by atoms with Crippen molar-refractivity contribution < 1.29 is 8.42 Å². The highest BCUT2D eigenvalue weighted by Gasteiger charge is 2.58. The van der Waals surface area contributed by atoms with Gasteiger partial charge in [-0.05, 0) is 120 Å². The number of para-hydroxylation sites is 1. The summed E-state index contributed by atoms with van der Waals surface area (Å²) in [6.07, 6.45) is 5.73. The molecule has 7 aromatic rings. The summed E-state index contributed by atoms with van der Waals surface area (Å²) >= 11 is 1.85. The molecule has 3 aliphatic rings. The average molecular weight is 702 g/mol. The molecule has 6 aromatic carbocycles. The fraction of sp³-hybridized carbons (Fsp3) is 0.217. The number of sulfone groups is 1. The molecular weight excluding hydrogens is 663 g/mol. The molecule has 5 heteroatoms. The lowest BCUT2D eigenvalue weighted by molar-refractivity contribution is 0.0488. The van der Waals surface area contributed by atoms with E-state index in [0.717, 1.165) is 59.4 Å². The summed E-state index contributed by atoms with van der Waals surface area (Å²) in [5.41, 5.74) is 7.17. The molecule has 51 heavy (non-hydrogen) atoms. The van der Waals surface area contributed by atoms with Crippen molar-refractivity contribution >= 4 is 58.4 Å². The third kappa shape index (κ3) is 4.57. The minimum absolute atomic E-state index is 0.320. The molecule has 1 spiro atoms. The van der Waals surface area contributed by atoms with Crippen molar-refractivity contribution in [2.45, 2.75) is 54.2 Å². The Kier molecular flexibility index (Phi) is 7.10. The Balaban J connectivity index is 1.19. The number of benzene rings is 6. The largest absolute Gasteiger partial charge is 0.310 e. The van der Waals surface area contributed by atoms with Crippen molar-refractivity contribution in [2.24, 2.45) is 17.8 Å². The van der Waals surface area contributed by atoms with Gasteiger partial charge < -0.3 is 4.90 Å². The zero-order valence-electron chi connectivity index (χ0n) is 28.6. The summed E-state index contributed by atoms with van der Waals surface area (Å²) in [5.74, 6) is 1.44. The van der Waals surface area contributed by atoms with E-state index < -0.39 is 9.84 Å². The first kappa shape index (κ1) is 31.1. The van der Waals surface area contributed by atoms with E-state index in [1.54, 1.807) is 0 Å². The van der Waals surface area contributed by atoms with Crippen molar-refractivity contribution in [3.63, 3.8) is 0 Å². The Labute approximate surface area is 304 Å². The smallest absolute Gasteiger partial charge is 0.207 e. The van der Waals surface area contributed by atoms with Crippen LogP contribution in [0.15, 0.2) is 149 Å². The predicted octanol–water partition coefficient (Wildman–Crippen LogP) is 12.5. The topological polar surface area (TPSA) is 37.4 Å². The molecule has 2 unspecified atom stereocenters. The first-order valence-electron chi connectivity index (χ1n) is 18.3. The van der Waals surface area contributed by atoms with Crippen molar-refractivity contribution in [1.29, 1.82) is 0 Å². The van der Waals surface area contributed by atoms with E-state index in [2.05, 4.69) is 127 Å². The highest BCUT2D eigenvalue weighted by Crippen LogP contribution is 2.63. The molecule has 252 valence electrons. The lowest BCUT2D eigenvalue weighted by atomic mass is 9.48. The molecule has 4 atom stereocenters. The maximum absolute atomic E-state index is 14.5. The SMILES string of the molecule is CC1C[C@H]2CCC[C@@H](C1)C21c2ccccc2S(=O)(=O)c2ccc(N(c3ccccc3)c3cccc(-c4cccc5c4sc4ccccc45)c3)cc21. The molecule has 2 bridgehead atoms. The molecule has 2 saturated carbocycles. The second-order valence-electron chi connectivity index (χ2n) is 15.0. The fourth-order valence-corrected chi connectivity index (χ4v) is 13.3. The lowest BCUT2D eigenvalue weighted by Gasteiger charge is -2.57. The fourth-order valence-electron chi connectivity index (χ4n) is 10.3. The van der Waals surface area contributed by atoms with Crippen LogP contribution in [0.5, 0.6) is 0 Å². The Morgan fingerprint density at radius 3 is 2.14 bits per heavy atom. The second-order valence-corrected chi connectivity index (χ2v) is 17.9. The van der Waals surface area contributed by atoms with E-state index in [1.165, 1.54) is 32.2 Å². The van der Waals surface area contributed by atoms with Crippen LogP contribution in [-0.2, 0) is 15.3 Å². The van der Waals surface area contributed by atoms with Crippen LogP contribution >= 0.6 is 11.3 Å². The van der Waals surface area contributed by atoms with Gasteiger partial charge in [0.1, 0.15) is 0 Å². The minimum Gasteiger partial charge on any atom is -0.310 e. The third-order valence-electron chi connectivity index (χ3n) is 12.2. The zero-order chi connectivity index (χ0) is 34.3. The van der Waals surface area contributed by atoms with Gasteiger partial charge in [-0.3, -0.25) is 0 Å². The molecule has 0 saturated heterocycles. The summed E-state index contributed by atoms with van der Waals surface area (Å²) in [6, 6.07) is 48.8. The van der Waals surface area contributed by atoms with Gasteiger partial charge in [0.2, 0.25) is 9.84 Å². The second kappa shape index (κ2) is 11.7. The van der Waals surface area contributed by atoms with Crippen LogP contribution in [0, 0.1) is 17.8 Å². The summed E-state index contributed by atoms with van der Waals surface area (Å²) in [6.45, 7) is 2.39. The van der Waals surface area contributed by atoms with Gasteiger partial charge >= 0.3 is 0 Å². The Bertz CT molecular complexity index is 2570. The van der Waals surface area contributed by atoms with Gasteiger partial charge in [-0.1, -0.05) is 98.3 Å². The molecule has 1 aromatic heterocycles. The molecule has 2 aliphatic carbocycles. The first-order valence-corrected chi connectivity index (χ1v) is 20.6. The number of rotatable bonds is 4. The molecule has 2 fully saturated rings. The van der Waals surface area contributed by atoms with Gasteiger partial charge in [0, 0.05) is 42.6 Å². The van der Waals surface area contributed by atoms with Crippen molar-refractivity contribution in [2.75, 3.05) is 4.90 Å². The molecule has 0 radical (unpaired) electrons. The van der Waals surface area contributed by atoms with Gasteiger partial charge in [0.15, 0.2) is 0 Å². The number of anilines is 3. The quantitative estimate of drug-likeness (QED) is 0.183. The highest BCUT2D eigenvalue weighted by molar-refractivity contribution is 7.91. The first-order chi connectivity index (χ1) is 24.9. The normalized spacial score (nSPS) is 23.2. The predicted molar refractivity (Wildman–Crippen MR) is 211 cm³/mol. The van der Waals surface area contributed by atoms with E-state index in [0.29, 0.717) is 27.5 Å². The Morgan fingerprint density at radius 2 is 1.29 bits per heavy atom. The summed E-state index contributed by atoms with van der Waals surface area (Å²) in [4.78, 5) is 3.33. The molecule has 0 N–H and O–H groups in total. The zero-order valence-corrected chi connectivity index (χ0v) is 30.3. The van der Waals surface area contributed by atoms with Gasteiger partial charge in [-0.25, -0.2) is 8.42 Å². The van der Waals surface area contributed by atoms with Crippen LogP contribution in [-0.4, -0.2) is 8.42 Å². The highest BCUT2D eigenvalue weighted by atomic mass is 32.2. The number of hydrogen-bond donors (Lipinski definition) is 0. The summed E-state index contributed by atoms with van der Waals surface area (Å²) < 4.78 is 31.6. The van der Waals surface area contributed by atoms with Gasteiger partial charge in [0.05, 0.1) is 9.79 Å². The maximum Gasteiger partial charge on any atom is 0.207 e. The van der Waals surface area contributed by atoms with Crippen LogP contribution < -0.4 is 4.90 Å². The Morgan fingerprint density at radius 1 is 0.627 bits per heavy atom. The lowest BCUT2D eigenvalue weighted by Crippen LogP contribution is -2.53. The number of nitrogens with zero attached hydrogens (tertiary/aromatic N) is 1. The van der Waals surface area contributed by atoms with E-state index in [-0.39, 0.29) is 5.41 Å². The van der Waals surface area contributed by atoms with Crippen LogP contribution in [0.1, 0.15) is 50.2 Å². The number of fused-ring (bicyclic) bond motifs is 5. The minimum atomic E-state index is -3.69. The van der Waals surface area contributed by atoms with E-state index in [4.69, 9.17) is 0 Å². The van der Waals surface area contributed by atoms with Crippen LogP contribution in [0.4, 0.5) is 17.1 Å². The van der Waals surface area contributed by atoms with E-state index in [1.807, 2.05) is 35.6 Å². The average Bonchev–Trinajstić information content (AvgIpc) is 3.54. The van der Waals surface area contributed by atoms with Gasteiger partial charge in [0.25, 0.3) is 0 Å². The van der Waals surface area contributed by atoms with Crippen LogP contribution in [0.25, 0.3) is 31.3 Å². The molecular formula is C46H39NO2S2. The summed E-state index contributed by atoms with van der Waals surface area (Å²) in [7, 11) is -3.69. The van der Waals surface area contributed by atoms with E-state index in [9.17, 15) is 8.42 Å². The van der Waals surface area contributed by atoms with Crippen molar-refractivity contribution in [1.82, 2.24) is 0 Å². The third-order valence-corrected chi connectivity index (χ3v) is 15.3. The number of hydrogen-bond acceptors (Lipinski definition) is 4. The maximum atomic E-state index is 14.5. The van der Waals surface area contributed by atoms with Gasteiger partial charge in [-0.2, -0.15) is 0 Å². The van der Waals surface area contributed by atoms with Crippen LogP contribution in [0.2, 0.25) is 0 Å². The monoisotopic (exact) mass is 701 g/mol. The van der Waals surface area contributed by atoms with E-state index >= 15 is 0 Å². The standard InChI is InChI=1S/C46H39NO2S2/c1-30-26-32-13-10-14-33(27-30)46(32)40-21-6-8-23-43(40)51(48,49)44-25-24-36(29-41(44)46)47(34-15-3-2-4-16-34)35-17-9-12-31(28-35)37-19-11-20-39-38-18-5-7-22-42(38)50-45(37)39/h2-9,11-12,15-25,28-30,32-33H,10,13-14,26-27H2,1H3/t30?,32-,33+,46?. The van der Waals surface area contributed by atoms with Crippen LogP contribution in [0.3, 0.4) is 0 Å². The molecule has 10 rings (SSSR count). The van der Waals surface area contributed by atoms with Crippen molar-refractivity contribution in [3.05, 3.63) is 151 Å². The molecule has 3 nitrogen and oxygen atoms in total. The molecule has 1 aliphatic heterocycles. The number of thiophene rings is 1. The van der Waals surface area contributed by atoms with Crippen molar-refractivity contribution in [3.8, 4) is 11.1 Å². The summed E-state index contributed by atoms with van der Waals surface area (Å²) in [5, 5.41) is 2.58.